The fourth-order valence-corrected chi connectivity index (χ4v) is 1.59. The van der Waals surface area contributed by atoms with E-state index < -0.39 is 33.5 Å². The highest BCUT2D eigenvalue weighted by Crippen LogP contribution is 2.39. The normalized spacial score (nSPS) is 15.3. The first-order chi connectivity index (χ1) is 8.45. The smallest absolute Gasteiger partial charge is 0.264 e. The molecule has 4 nitrogen and oxygen atoms in total. The minimum Gasteiger partial charge on any atom is -0.264 e. The molecule has 0 saturated heterocycles. The lowest BCUT2D eigenvalue weighted by Gasteiger charge is -2.20. The molecule has 0 bridgehead atoms. The Morgan fingerprint density at radius 3 is 2.11 bits per heavy atom. The van der Waals surface area contributed by atoms with Gasteiger partial charge < -0.3 is 0 Å². The second kappa shape index (κ2) is 4.96. The molecule has 0 aliphatic rings. The zero-order valence-electron chi connectivity index (χ0n) is 8.73. The molecule has 19 heavy (non-hydrogen) atoms. The van der Waals surface area contributed by atoms with Gasteiger partial charge in [-0.1, -0.05) is 6.07 Å². The molecule has 0 aliphatic heterocycles. The van der Waals surface area contributed by atoms with Crippen molar-refractivity contribution in [2.24, 2.45) is 0 Å². The van der Waals surface area contributed by atoms with Crippen molar-refractivity contribution < 1.29 is 38.9 Å². The fraction of sp³-hybridized carbons (Fsp3) is 0.375. The van der Waals surface area contributed by atoms with Crippen LogP contribution in [0.25, 0.3) is 0 Å². The van der Waals surface area contributed by atoms with Crippen molar-refractivity contribution in [1.29, 1.82) is 0 Å². The van der Waals surface area contributed by atoms with Crippen molar-refractivity contribution in [2.45, 2.75) is 17.8 Å². The second-order valence-electron chi connectivity index (χ2n) is 3.20. The lowest BCUT2D eigenvalue weighted by Crippen LogP contribution is -2.32. The molecule has 0 amide bonds. The minimum absolute atomic E-state index is 0.560. The summed E-state index contributed by atoms with van der Waals surface area (Å²) < 4.78 is 98.1. The Balaban J connectivity index is 3.17. The lowest BCUT2D eigenvalue weighted by atomic mass is 10.1. The first-order valence-electron chi connectivity index (χ1n) is 4.41. The highest BCUT2D eigenvalue weighted by Gasteiger charge is 2.54. The predicted octanol–water partition coefficient (Wildman–Crippen LogP) is 2.55. The molecule has 11 heteroatoms. The molecule has 1 rings (SSSR count). The highest BCUT2D eigenvalue weighted by atomic mass is 32.2. The van der Waals surface area contributed by atoms with Gasteiger partial charge in [0, 0.05) is 18.0 Å². The van der Waals surface area contributed by atoms with Crippen molar-refractivity contribution in [1.82, 2.24) is 4.98 Å². The Hall–Kier alpha value is -1.36. The van der Waals surface area contributed by atoms with E-state index in [-0.39, 0.29) is 0 Å². The molecule has 1 aromatic heterocycles. The van der Waals surface area contributed by atoms with E-state index in [1.165, 1.54) is 0 Å². The monoisotopic (exact) mass is 309 g/mol. The van der Waals surface area contributed by atoms with E-state index in [0.29, 0.717) is 6.20 Å². The Bertz CT molecular complexity index is 524. The molecule has 0 saturated carbocycles. The molecule has 0 radical (unpaired) electrons. The SMILES string of the molecule is O=S(=O)(O[C@H](c1cccnc1)C(F)(F)F)C(F)(F)F. The van der Waals surface area contributed by atoms with E-state index in [2.05, 4.69) is 9.17 Å². The van der Waals surface area contributed by atoms with E-state index >= 15 is 0 Å². The number of halogens is 6. The van der Waals surface area contributed by atoms with E-state index in [9.17, 15) is 34.8 Å². The summed E-state index contributed by atoms with van der Waals surface area (Å²) in [4.78, 5) is 3.26. The Morgan fingerprint density at radius 1 is 1.16 bits per heavy atom. The van der Waals surface area contributed by atoms with Gasteiger partial charge in [-0.3, -0.25) is 4.98 Å². The molecule has 108 valence electrons. The third-order valence-corrected chi connectivity index (χ3v) is 2.80. The largest absolute Gasteiger partial charge is 0.523 e. The second-order valence-corrected chi connectivity index (χ2v) is 4.77. The van der Waals surface area contributed by atoms with Crippen LogP contribution in [0, 0.1) is 0 Å². The van der Waals surface area contributed by atoms with Crippen LogP contribution in [-0.4, -0.2) is 25.1 Å². The van der Waals surface area contributed by atoms with Crippen LogP contribution in [0.2, 0.25) is 0 Å². The third kappa shape index (κ3) is 3.80. The van der Waals surface area contributed by atoms with Gasteiger partial charge in [0.15, 0.2) is 6.10 Å². The highest BCUT2D eigenvalue weighted by molar-refractivity contribution is 7.87. The summed E-state index contributed by atoms with van der Waals surface area (Å²) in [6.45, 7) is 0. The summed E-state index contributed by atoms with van der Waals surface area (Å²) >= 11 is 0. The minimum atomic E-state index is -6.38. The molecule has 1 aromatic rings. The predicted molar refractivity (Wildman–Crippen MR) is 49.1 cm³/mol. The van der Waals surface area contributed by atoms with Crippen molar-refractivity contribution in [2.75, 3.05) is 0 Å². The molecule has 0 aromatic carbocycles. The molecule has 1 atom stereocenters. The van der Waals surface area contributed by atoms with Gasteiger partial charge in [0.05, 0.1) is 0 Å². The number of hydrogen-bond acceptors (Lipinski definition) is 4. The van der Waals surface area contributed by atoms with Gasteiger partial charge in [-0.15, -0.1) is 0 Å². The van der Waals surface area contributed by atoms with Crippen LogP contribution in [-0.2, 0) is 14.3 Å². The molecule has 1 heterocycles. The van der Waals surface area contributed by atoms with Crippen molar-refractivity contribution in [3.63, 3.8) is 0 Å². The van der Waals surface area contributed by atoms with Gasteiger partial charge in [-0.05, 0) is 6.07 Å². The first-order valence-corrected chi connectivity index (χ1v) is 5.82. The summed E-state index contributed by atoms with van der Waals surface area (Å²) in [5.74, 6) is 0. The van der Waals surface area contributed by atoms with Gasteiger partial charge in [0.1, 0.15) is 0 Å². The molecule has 0 spiro atoms. The van der Waals surface area contributed by atoms with Gasteiger partial charge in [0.25, 0.3) is 0 Å². The molecular formula is C8H5F6NO3S. The quantitative estimate of drug-likeness (QED) is 0.489. The van der Waals surface area contributed by atoms with E-state index in [1.807, 2.05) is 0 Å². The number of pyridine rings is 1. The third-order valence-electron chi connectivity index (χ3n) is 1.79. The van der Waals surface area contributed by atoms with Gasteiger partial charge in [-0.25, -0.2) is 4.18 Å². The maximum atomic E-state index is 12.5. The molecule has 0 aliphatic carbocycles. The topological polar surface area (TPSA) is 56.3 Å². The number of alkyl halides is 6. The molecular weight excluding hydrogens is 304 g/mol. The number of hydrogen-bond donors (Lipinski definition) is 0. The van der Waals surface area contributed by atoms with Crippen LogP contribution in [0.15, 0.2) is 24.5 Å². The Morgan fingerprint density at radius 2 is 1.74 bits per heavy atom. The Labute approximate surface area is 103 Å². The van der Waals surface area contributed by atoms with E-state index in [0.717, 1.165) is 18.3 Å². The number of aromatic nitrogens is 1. The van der Waals surface area contributed by atoms with Crippen LogP contribution >= 0.6 is 0 Å². The average Bonchev–Trinajstić information content (AvgIpc) is 2.24. The maximum absolute atomic E-state index is 12.5. The van der Waals surface area contributed by atoms with Crippen LogP contribution in [0.5, 0.6) is 0 Å². The Kier molecular flexibility index (Phi) is 4.10. The zero-order valence-corrected chi connectivity index (χ0v) is 9.55. The van der Waals surface area contributed by atoms with E-state index in [1.54, 1.807) is 0 Å². The van der Waals surface area contributed by atoms with E-state index in [4.69, 9.17) is 0 Å². The summed E-state index contributed by atoms with van der Waals surface area (Å²) in [6.07, 6.45) is -6.99. The van der Waals surface area contributed by atoms with Gasteiger partial charge in [0.2, 0.25) is 0 Å². The summed E-state index contributed by atoms with van der Waals surface area (Å²) in [7, 11) is -6.38. The molecule has 0 N–H and O–H groups in total. The van der Waals surface area contributed by atoms with Crippen molar-refractivity contribution >= 4 is 10.1 Å². The van der Waals surface area contributed by atoms with Crippen LogP contribution in [0.3, 0.4) is 0 Å². The summed E-state index contributed by atoms with van der Waals surface area (Å²) in [5, 5.41) is 0. The van der Waals surface area contributed by atoms with Gasteiger partial charge >= 0.3 is 21.8 Å². The number of rotatable bonds is 3. The average molecular weight is 309 g/mol. The van der Waals surface area contributed by atoms with Crippen LogP contribution in [0.4, 0.5) is 26.3 Å². The fourth-order valence-electron chi connectivity index (χ4n) is 1.01. The van der Waals surface area contributed by atoms with Crippen molar-refractivity contribution in [3.8, 4) is 0 Å². The zero-order chi connectivity index (χ0) is 14.9. The van der Waals surface area contributed by atoms with Crippen LogP contribution in [0.1, 0.15) is 11.7 Å². The molecule has 0 unspecified atom stereocenters. The lowest BCUT2D eigenvalue weighted by molar-refractivity contribution is -0.200. The summed E-state index contributed by atoms with van der Waals surface area (Å²) in [6, 6.07) is 1.74. The molecule has 0 fully saturated rings. The summed E-state index contributed by atoms with van der Waals surface area (Å²) in [5.41, 5.74) is -6.80. The van der Waals surface area contributed by atoms with Crippen molar-refractivity contribution in [3.05, 3.63) is 30.1 Å². The van der Waals surface area contributed by atoms with Gasteiger partial charge in [-0.2, -0.15) is 34.8 Å². The maximum Gasteiger partial charge on any atom is 0.523 e. The number of nitrogens with zero attached hydrogens (tertiary/aromatic N) is 1. The van der Waals surface area contributed by atoms with Crippen LogP contribution < -0.4 is 0 Å². The first kappa shape index (κ1) is 15.7. The standard InChI is InChI=1S/C8H5F6NO3S/c9-7(10,11)6(5-2-1-3-15-4-5)18-19(16,17)8(12,13)14/h1-4,6H/t6-/m1/s1.